The number of aliphatic hydroxyl groups excluding tert-OH is 1. The van der Waals surface area contributed by atoms with Gasteiger partial charge in [-0.3, -0.25) is 9.69 Å². The monoisotopic (exact) mass is 242 g/mol. The molecule has 4 nitrogen and oxygen atoms in total. The van der Waals surface area contributed by atoms with Gasteiger partial charge >= 0.3 is 0 Å². The molecule has 0 bridgehead atoms. The summed E-state index contributed by atoms with van der Waals surface area (Å²) in [4.78, 5) is 13.8. The molecular weight excluding hydrogens is 216 g/mol. The van der Waals surface area contributed by atoms with Crippen molar-refractivity contribution in [1.29, 1.82) is 0 Å². The Morgan fingerprint density at radius 3 is 2.53 bits per heavy atom. The number of nitrogens with zero attached hydrogens (tertiary/aromatic N) is 1. The maximum Gasteiger partial charge on any atom is 0.234 e. The van der Waals surface area contributed by atoms with Gasteiger partial charge in [0.1, 0.15) is 0 Å². The molecule has 0 radical (unpaired) electrons. The summed E-state index contributed by atoms with van der Waals surface area (Å²) in [5.41, 5.74) is 0. The van der Waals surface area contributed by atoms with Crippen molar-refractivity contribution in [2.45, 2.75) is 45.6 Å². The molecule has 0 aromatic rings. The molecule has 0 atom stereocenters. The van der Waals surface area contributed by atoms with Crippen LogP contribution < -0.4 is 5.32 Å². The topological polar surface area (TPSA) is 52.6 Å². The van der Waals surface area contributed by atoms with Crippen LogP contribution >= 0.6 is 0 Å². The summed E-state index contributed by atoms with van der Waals surface area (Å²) in [7, 11) is 0. The summed E-state index contributed by atoms with van der Waals surface area (Å²) >= 11 is 0. The fourth-order valence-electron chi connectivity index (χ4n) is 2.37. The van der Waals surface area contributed by atoms with Crippen molar-refractivity contribution in [1.82, 2.24) is 10.2 Å². The summed E-state index contributed by atoms with van der Waals surface area (Å²) in [5.74, 6) is 0.907. The van der Waals surface area contributed by atoms with E-state index in [2.05, 4.69) is 12.2 Å². The molecule has 2 N–H and O–H groups in total. The zero-order valence-corrected chi connectivity index (χ0v) is 11.1. The van der Waals surface area contributed by atoms with Gasteiger partial charge in [-0.25, -0.2) is 0 Å². The minimum atomic E-state index is 0.0971. The number of rotatable bonds is 6. The molecule has 4 heteroatoms. The van der Waals surface area contributed by atoms with Gasteiger partial charge in [0.2, 0.25) is 5.91 Å². The van der Waals surface area contributed by atoms with E-state index in [9.17, 15) is 4.79 Å². The molecule has 17 heavy (non-hydrogen) atoms. The Morgan fingerprint density at radius 2 is 2.00 bits per heavy atom. The quantitative estimate of drug-likeness (QED) is 0.730. The van der Waals surface area contributed by atoms with E-state index in [0.29, 0.717) is 19.1 Å². The number of likely N-dealkylation sites (N-methyl/N-ethyl adjacent to an activating group) is 1. The van der Waals surface area contributed by atoms with E-state index in [1.165, 1.54) is 12.8 Å². The number of carbonyl (C=O) groups excluding carboxylic acids is 1. The van der Waals surface area contributed by atoms with Crippen LogP contribution in [0.3, 0.4) is 0 Å². The van der Waals surface area contributed by atoms with Crippen LogP contribution in [0.2, 0.25) is 0 Å². The van der Waals surface area contributed by atoms with Gasteiger partial charge in [-0.05, 0) is 38.1 Å². The second kappa shape index (κ2) is 7.67. The lowest BCUT2D eigenvalue weighted by molar-refractivity contribution is -0.123. The summed E-state index contributed by atoms with van der Waals surface area (Å²) in [6.45, 7) is 6.18. The van der Waals surface area contributed by atoms with Crippen molar-refractivity contribution < 1.29 is 9.90 Å². The predicted octanol–water partition coefficient (Wildman–Crippen LogP) is 0.995. The largest absolute Gasteiger partial charge is 0.395 e. The molecule has 0 aromatic heterocycles. The number of hydrogen-bond donors (Lipinski definition) is 2. The number of amides is 1. The Balaban J connectivity index is 2.24. The number of carbonyl (C=O) groups is 1. The van der Waals surface area contributed by atoms with E-state index < -0.39 is 0 Å². The summed E-state index contributed by atoms with van der Waals surface area (Å²) in [5, 5.41) is 12.0. The third-order valence-electron chi connectivity index (χ3n) is 3.61. The summed E-state index contributed by atoms with van der Waals surface area (Å²) < 4.78 is 0. The minimum Gasteiger partial charge on any atom is -0.395 e. The Kier molecular flexibility index (Phi) is 6.52. The maximum absolute atomic E-state index is 11.8. The van der Waals surface area contributed by atoms with Crippen LogP contribution in [-0.4, -0.2) is 48.2 Å². The molecule has 0 aromatic carbocycles. The van der Waals surface area contributed by atoms with Gasteiger partial charge in [0, 0.05) is 12.6 Å². The first-order valence-corrected chi connectivity index (χ1v) is 6.78. The molecule has 1 saturated carbocycles. The minimum absolute atomic E-state index is 0.0971. The summed E-state index contributed by atoms with van der Waals surface area (Å²) in [6, 6.07) is 0.367. The first kappa shape index (κ1) is 14.5. The Labute approximate surface area is 104 Å². The predicted molar refractivity (Wildman–Crippen MR) is 68.8 cm³/mol. The fourth-order valence-corrected chi connectivity index (χ4v) is 2.37. The Bertz CT molecular complexity index is 225. The van der Waals surface area contributed by atoms with Crippen molar-refractivity contribution in [2.24, 2.45) is 5.92 Å². The highest BCUT2D eigenvalue weighted by atomic mass is 16.3. The second-order valence-corrected chi connectivity index (χ2v) is 5.12. The number of nitrogens with one attached hydrogen (secondary N) is 1. The van der Waals surface area contributed by atoms with Crippen molar-refractivity contribution in [2.75, 3.05) is 26.2 Å². The standard InChI is InChI=1S/C13H26N2O2/c1-3-15(8-9-16)10-13(17)14-12-6-4-11(2)5-7-12/h11-12,16H,3-10H2,1-2H3,(H,14,17). The van der Waals surface area contributed by atoms with E-state index in [1.807, 2.05) is 11.8 Å². The zero-order chi connectivity index (χ0) is 12.7. The fraction of sp³-hybridized carbons (Fsp3) is 0.923. The van der Waals surface area contributed by atoms with E-state index in [4.69, 9.17) is 5.11 Å². The van der Waals surface area contributed by atoms with Crippen LogP contribution in [0, 0.1) is 5.92 Å². The van der Waals surface area contributed by atoms with Crippen molar-refractivity contribution in [3.05, 3.63) is 0 Å². The van der Waals surface area contributed by atoms with Crippen LogP contribution in [0.4, 0.5) is 0 Å². The number of aliphatic hydroxyl groups is 1. The van der Waals surface area contributed by atoms with Gasteiger partial charge in [0.25, 0.3) is 0 Å². The average molecular weight is 242 g/mol. The maximum atomic E-state index is 11.8. The smallest absolute Gasteiger partial charge is 0.234 e. The van der Waals surface area contributed by atoms with Gasteiger partial charge in [-0.15, -0.1) is 0 Å². The first-order chi connectivity index (χ1) is 8.15. The highest BCUT2D eigenvalue weighted by Gasteiger charge is 2.20. The van der Waals surface area contributed by atoms with Crippen molar-refractivity contribution in [3.63, 3.8) is 0 Å². The van der Waals surface area contributed by atoms with E-state index >= 15 is 0 Å². The van der Waals surface area contributed by atoms with Crippen LogP contribution in [0.25, 0.3) is 0 Å². The SMILES string of the molecule is CCN(CCO)CC(=O)NC1CCC(C)CC1. The molecule has 0 spiro atoms. The van der Waals surface area contributed by atoms with Gasteiger partial charge < -0.3 is 10.4 Å². The molecule has 1 aliphatic carbocycles. The molecule has 1 fully saturated rings. The van der Waals surface area contributed by atoms with Gasteiger partial charge in [-0.1, -0.05) is 13.8 Å². The molecular formula is C13H26N2O2. The van der Waals surface area contributed by atoms with Crippen molar-refractivity contribution >= 4 is 5.91 Å². The molecule has 1 aliphatic rings. The Hall–Kier alpha value is -0.610. The molecule has 0 saturated heterocycles. The lowest BCUT2D eigenvalue weighted by Gasteiger charge is -2.28. The van der Waals surface area contributed by atoms with E-state index in [1.54, 1.807) is 0 Å². The third kappa shape index (κ3) is 5.50. The molecule has 0 unspecified atom stereocenters. The van der Waals surface area contributed by atoms with Crippen LogP contribution in [0.5, 0.6) is 0 Å². The highest BCUT2D eigenvalue weighted by molar-refractivity contribution is 5.78. The van der Waals surface area contributed by atoms with E-state index in [-0.39, 0.29) is 12.5 Å². The molecule has 0 heterocycles. The average Bonchev–Trinajstić information content (AvgIpc) is 2.31. The lowest BCUT2D eigenvalue weighted by Crippen LogP contribution is -2.44. The lowest BCUT2D eigenvalue weighted by atomic mass is 9.87. The molecule has 0 aliphatic heterocycles. The Morgan fingerprint density at radius 1 is 1.35 bits per heavy atom. The highest BCUT2D eigenvalue weighted by Crippen LogP contribution is 2.23. The first-order valence-electron chi connectivity index (χ1n) is 6.78. The number of hydrogen-bond acceptors (Lipinski definition) is 3. The van der Waals surface area contributed by atoms with Gasteiger partial charge in [0.05, 0.1) is 13.2 Å². The normalized spacial score (nSPS) is 24.9. The second-order valence-electron chi connectivity index (χ2n) is 5.12. The zero-order valence-electron chi connectivity index (χ0n) is 11.1. The molecule has 100 valence electrons. The van der Waals surface area contributed by atoms with Crippen LogP contribution in [0.1, 0.15) is 39.5 Å². The van der Waals surface area contributed by atoms with E-state index in [0.717, 1.165) is 25.3 Å². The van der Waals surface area contributed by atoms with Crippen LogP contribution in [-0.2, 0) is 4.79 Å². The molecule has 1 amide bonds. The molecule has 1 rings (SSSR count). The van der Waals surface area contributed by atoms with Crippen molar-refractivity contribution in [3.8, 4) is 0 Å². The third-order valence-corrected chi connectivity index (χ3v) is 3.61. The van der Waals surface area contributed by atoms with Crippen LogP contribution in [0.15, 0.2) is 0 Å². The summed E-state index contributed by atoms with van der Waals surface area (Å²) in [6.07, 6.45) is 4.66. The van der Waals surface area contributed by atoms with Gasteiger partial charge in [-0.2, -0.15) is 0 Å². The van der Waals surface area contributed by atoms with Gasteiger partial charge in [0.15, 0.2) is 0 Å².